The highest BCUT2D eigenvalue weighted by molar-refractivity contribution is 6.31. The average molecular weight is 262 g/mol. The van der Waals surface area contributed by atoms with Crippen molar-refractivity contribution >= 4 is 22.5 Å². The fourth-order valence-electron chi connectivity index (χ4n) is 3.13. The number of aromatic amines is 1. The average Bonchev–Trinajstić information content (AvgIpc) is 2.65. The molecule has 0 radical (unpaired) electrons. The molecule has 2 heteroatoms. The second-order valence-electron chi connectivity index (χ2n) is 6.58. The summed E-state index contributed by atoms with van der Waals surface area (Å²) in [5.74, 6) is 0.767. The Hall–Kier alpha value is -0.950. The Morgan fingerprint density at radius 2 is 2.06 bits per heavy atom. The van der Waals surface area contributed by atoms with E-state index in [9.17, 15) is 0 Å². The van der Waals surface area contributed by atoms with Crippen LogP contribution in [0.5, 0.6) is 0 Å². The summed E-state index contributed by atoms with van der Waals surface area (Å²) in [4.78, 5) is 3.56. The summed E-state index contributed by atoms with van der Waals surface area (Å²) in [6.07, 6.45) is 3.64. The number of aryl methyl sites for hydroxylation is 1. The van der Waals surface area contributed by atoms with Gasteiger partial charge in [0, 0.05) is 21.6 Å². The van der Waals surface area contributed by atoms with Crippen LogP contribution in [0.25, 0.3) is 10.9 Å². The Labute approximate surface area is 114 Å². The van der Waals surface area contributed by atoms with Crippen LogP contribution < -0.4 is 0 Å². The first kappa shape index (κ1) is 12.1. The molecule has 0 unspecified atom stereocenters. The van der Waals surface area contributed by atoms with Crippen molar-refractivity contribution in [3.63, 3.8) is 0 Å². The first-order valence-electron chi connectivity index (χ1n) is 6.74. The summed E-state index contributed by atoms with van der Waals surface area (Å²) < 4.78 is 0. The maximum Gasteiger partial charge on any atom is 0.0460 e. The van der Waals surface area contributed by atoms with Crippen molar-refractivity contribution < 1.29 is 0 Å². The second-order valence-corrected chi connectivity index (χ2v) is 7.01. The van der Waals surface area contributed by atoms with Gasteiger partial charge in [0.05, 0.1) is 0 Å². The van der Waals surface area contributed by atoms with Gasteiger partial charge in [-0.25, -0.2) is 0 Å². The quantitative estimate of drug-likeness (QED) is 0.689. The Bertz CT molecular complexity index is 589. The number of aromatic nitrogens is 1. The van der Waals surface area contributed by atoms with Crippen molar-refractivity contribution in [3.8, 4) is 0 Å². The third kappa shape index (κ3) is 1.95. The normalized spacial score (nSPS) is 20.1. The van der Waals surface area contributed by atoms with E-state index in [0.29, 0.717) is 5.41 Å². The topological polar surface area (TPSA) is 15.8 Å². The fraction of sp³-hybridized carbons (Fsp3) is 0.500. The molecule has 1 aromatic heterocycles. The van der Waals surface area contributed by atoms with Gasteiger partial charge in [-0.2, -0.15) is 0 Å². The van der Waals surface area contributed by atoms with Crippen LogP contribution >= 0.6 is 11.6 Å². The lowest BCUT2D eigenvalue weighted by molar-refractivity contribution is 0.216. The largest absolute Gasteiger partial charge is 0.358 e. The van der Waals surface area contributed by atoms with Gasteiger partial charge in [-0.3, -0.25) is 0 Å². The lowest BCUT2D eigenvalue weighted by Crippen LogP contribution is -2.26. The van der Waals surface area contributed by atoms with E-state index in [1.807, 2.05) is 6.07 Å². The highest BCUT2D eigenvalue weighted by Gasteiger charge is 2.30. The number of rotatable bonds is 0. The number of nitrogens with one attached hydrogen (secondary N) is 1. The molecule has 0 spiro atoms. The molecule has 1 N–H and O–H groups in total. The molecule has 1 aliphatic carbocycles. The summed E-state index contributed by atoms with van der Waals surface area (Å²) >= 11 is 6.13. The highest BCUT2D eigenvalue weighted by Crippen LogP contribution is 2.40. The molecule has 0 saturated carbocycles. The third-order valence-corrected chi connectivity index (χ3v) is 4.61. The van der Waals surface area contributed by atoms with Gasteiger partial charge < -0.3 is 4.98 Å². The molecule has 0 saturated heterocycles. The Morgan fingerprint density at radius 3 is 2.78 bits per heavy atom. The molecule has 0 fully saturated rings. The molecule has 1 nitrogen and oxygen atoms in total. The van der Waals surface area contributed by atoms with Crippen molar-refractivity contribution in [2.24, 2.45) is 11.3 Å². The predicted octanol–water partition coefficient (Wildman–Crippen LogP) is 4.97. The van der Waals surface area contributed by atoms with Crippen LogP contribution in [-0.4, -0.2) is 4.98 Å². The number of benzene rings is 1. The molecule has 2 aromatic rings. The van der Waals surface area contributed by atoms with E-state index < -0.39 is 0 Å². The maximum absolute atomic E-state index is 6.13. The molecule has 3 rings (SSSR count). The van der Waals surface area contributed by atoms with Gasteiger partial charge in [0.2, 0.25) is 0 Å². The smallest absolute Gasteiger partial charge is 0.0460 e. The van der Waals surface area contributed by atoms with Crippen molar-refractivity contribution in [3.05, 3.63) is 34.5 Å². The van der Waals surface area contributed by atoms with Crippen LogP contribution in [0, 0.1) is 11.3 Å². The number of fused-ring (bicyclic) bond motifs is 3. The lowest BCUT2D eigenvalue weighted by Gasteiger charge is -2.34. The third-order valence-electron chi connectivity index (χ3n) is 4.37. The number of hydrogen-bond donors (Lipinski definition) is 1. The van der Waals surface area contributed by atoms with Crippen molar-refractivity contribution in [2.45, 2.75) is 40.0 Å². The highest BCUT2D eigenvalue weighted by atomic mass is 35.5. The molecule has 96 valence electrons. The van der Waals surface area contributed by atoms with Gasteiger partial charge in [-0.05, 0) is 54.4 Å². The standard InChI is InChI=1S/C16H20ClN/c1-16(2,3)10-4-6-14-12(8-10)13-9-11(17)5-7-15(13)18-14/h5,7,9-10,18H,4,6,8H2,1-3H3/t10-/m0/s1. The van der Waals surface area contributed by atoms with Gasteiger partial charge >= 0.3 is 0 Å². The summed E-state index contributed by atoms with van der Waals surface area (Å²) in [5.41, 5.74) is 4.55. The molecule has 1 aromatic carbocycles. The van der Waals surface area contributed by atoms with E-state index in [0.717, 1.165) is 10.9 Å². The molecule has 1 heterocycles. The minimum absolute atomic E-state index is 0.389. The lowest BCUT2D eigenvalue weighted by atomic mass is 9.71. The molecule has 18 heavy (non-hydrogen) atoms. The van der Waals surface area contributed by atoms with Gasteiger partial charge in [0.1, 0.15) is 0 Å². The molecular weight excluding hydrogens is 242 g/mol. The minimum atomic E-state index is 0.389. The number of H-pyrrole nitrogens is 1. The minimum Gasteiger partial charge on any atom is -0.358 e. The summed E-state index contributed by atoms with van der Waals surface area (Å²) in [5, 5.41) is 2.16. The molecule has 0 aliphatic heterocycles. The maximum atomic E-state index is 6.13. The van der Waals surface area contributed by atoms with E-state index in [1.54, 1.807) is 0 Å². The van der Waals surface area contributed by atoms with Crippen molar-refractivity contribution in [1.82, 2.24) is 4.98 Å². The summed E-state index contributed by atoms with van der Waals surface area (Å²) in [6, 6.07) is 6.17. The van der Waals surface area contributed by atoms with Crippen molar-refractivity contribution in [2.75, 3.05) is 0 Å². The van der Waals surface area contributed by atoms with Gasteiger partial charge in [-0.1, -0.05) is 32.4 Å². The molecule has 0 bridgehead atoms. The molecular formula is C16H20ClN. The summed E-state index contributed by atoms with van der Waals surface area (Å²) in [6.45, 7) is 7.06. The van der Waals surface area contributed by atoms with E-state index >= 15 is 0 Å². The molecule has 1 atom stereocenters. The number of hydrogen-bond acceptors (Lipinski definition) is 0. The van der Waals surface area contributed by atoms with E-state index in [-0.39, 0.29) is 0 Å². The van der Waals surface area contributed by atoms with Crippen LogP contribution in [0.3, 0.4) is 0 Å². The van der Waals surface area contributed by atoms with Crippen LogP contribution in [0.1, 0.15) is 38.4 Å². The zero-order valence-corrected chi connectivity index (χ0v) is 12.1. The van der Waals surface area contributed by atoms with Crippen LogP contribution in [0.4, 0.5) is 0 Å². The predicted molar refractivity (Wildman–Crippen MR) is 78.3 cm³/mol. The van der Waals surface area contributed by atoms with Gasteiger partial charge in [-0.15, -0.1) is 0 Å². The first-order valence-corrected chi connectivity index (χ1v) is 7.12. The second kappa shape index (κ2) is 4.03. The van der Waals surface area contributed by atoms with E-state index in [4.69, 9.17) is 11.6 Å². The van der Waals surface area contributed by atoms with Gasteiger partial charge in [0.15, 0.2) is 0 Å². The van der Waals surface area contributed by atoms with Gasteiger partial charge in [0.25, 0.3) is 0 Å². The Morgan fingerprint density at radius 1 is 1.28 bits per heavy atom. The summed E-state index contributed by atoms with van der Waals surface area (Å²) in [7, 11) is 0. The monoisotopic (exact) mass is 261 g/mol. The van der Waals surface area contributed by atoms with Crippen molar-refractivity contribution in [1.29, 1.82) is 0 Å². The molecule has 1 aliphatic rings. The first-order chi connectivity index (χ1) is 8.45. The molecule has 0 amide bonds. The van der Waals surface area contributed by atoms with Crippen LogP contribution in [0.2, 0.25) is 5.02 Å². The van der Waals surface area contributed by atoms with Crippen LogP contribution in [-0.2, 0) is 12.8 Å². The SMILES string of the molecule is CC(C)(C)[C@H]1CCc2[nH]c3ccc(Cl)cc3c2C1. The zero-order chi connectivity index (χ0) is 12.9. The van der Waals surface area contributed by atoms with E-state index in [1.165, 1.54) is 41.4 Å². The van der Waals surface area contributed by atoms with E-state index in [2.05, 4.69) is 37.9 Å². The zero-order valence-electron chi connectivity index (χ0n) is 11.3. The van der Waals surface area contributed by atoms with Crippen LogP contribution in [0.15, 0.2) is 18.2 Å². The number of halogens is 1. The fourth-order valence-corrected chi connectivity index (χ4v) is 3.30. The Kier molecular flexibility index (Phi) is 2.71. The Balaban J connectivity index is 2.08.